The molecule has 1 aliphatic carbocycles. The quantitative estimate of drug-likeness (QED) is 0.509. The van der Waals surface area contributed by atoms with Crippen LogP contribution in [0.15, 0.2) is 17.1 Å². The number of nitrogens with one attached hydrogen (secondary N) is 2. The van der Waals surface area contributed by atoms with Crippen LogP contribution in [0.2, 0.25) is 0 Å². The summed E-state index contributed by atoms with van der Waals surface area (Å²) >= 11 is 0. The van der Waals surface area contributed by atoms with E-state index in [4.69, 9.17) is 14.2 Å². The lowest BCUT2D eigenvalue weighted by molar-refractivity contribution is -0.135. The van der Waals surface area contributed by atoms with Crippen LogP contribution in [-0.2, 0) is 11.3 Å². The number of nitrogens with zero attached hydrogens (tertiary/aromatic N) is 2. The molecule has 8 heteroatoms. The lowest BCUT2D eigenvalue weighted by Crippen LogP contribution is -2.45. The zero-order chi connectivity index (χ0) is 22.2. The number of amides is 1. The smallest absolute Gasteiger partial charge is 0.225 e. The van der Waals surface area contributed by atoms with E-state index in [1.54, 1.807) is 28.4 Å². The van der Waals surface area contributed by atoms with Crippen LogP contribution in [0.1, 0.15) is 44.1 Å². The summed E-state index contributed by atoms with van der Waals surface area (Å²) in [5.74, 6) is 3.09. The third kappa shape index (κ3) is 5.74. The van der Waals surface area contributed by atoms with Gasteiger partial charge in [-0.3, -0.25) is 9.79 Å². The first-order chi connectivity index (χ1) is 15.1. The minimum Gasteiger partial charge on any atom is -0.493 e. The number of hydrogen-bond donors (Lipinski definition) is 2. The van der Waals surface area contributed by atoms with Gasteiger partial charge in [0.2, 0.25) is 11.7 Å². The SMILES string of the molecule is CN=C(NCc1cc(OC)c(OC)c(OC)c1)NC1CCN(C(=O)C2CCCCC2)C1. The number of ether oxygens (including phenoxy) is 3. The fourth-order valence-corrected chi connectivity index (χ4v) is 4.50. The van der Waals surface area contributed by atoms with Gasteiger partial charge >= 0.3 is 0 Å². The number of carbonyl (C=O) groups excluding carboxylic acids is 1. The van der Waals surface area contributed by atoms with Gasteiger partial charge in [0, 0.05) is 38.6 Å². The van der Waals surface area contributed by atoms with E-state index in [2.05, 4.69) is 15.6 Å². The molecule has 1 aliphatic heterocycles. The van der Waals surface area contributed by atoms with Gasteiger partial charge in [-0.25, -0.2) is 0 Å². The van der Waals surface area contributed by atoms with Crippen molar-refractivity contribution in [1.82, 2.24) is 15.5 Å². The second kappa shape index (κ2) is 11.1. The topological polar surface area (TPSA) is 84.4 Å². The average molecular weight is 433 g/mol. The zero-order valence-electron chi connectivity index (χ0n) is 19.2. The number of hydrogen-bond acceptors (Lipinski definition) is 5. The highest BCUT2D eigenvalue weighted by atomic mass is 16.5. The summed E-state index contributed by atoms with van der Waals surface area (Å²) in [6.45, 7) is 2.10. The maximum atomic E-state index is 12.8. The fraction of sp³-hybridized carbons (Fsp3) is 0.652. The molecule has 31 heavy (non-hydrogen) atoms. The van der Waals surface area contributed by atoms with E-state index >= 15 is 0 Å². The Hall–Kier alpha value is -2.64. The van der Waals surface area contributed by atoms with Crippen molar-refractivity contribution < 1.29 is 19.0 Å². The van der Waals surface area contributed by atoms with Gasteiger partial charge in [0.1, 0.15) is 0 Å². The third-order valence-corrected chi connectivity index (χ3v) is 6.20. The van der Waals surface area contributed by atoms with Gasteiger partial charge in [0.15, 0.2) is 17.5 Å². The molecule has 1 amide bonds. The monoisotopic (exact) mass is 432 g/mol. The van der Waals surface area contributed by atoms with E-state index in [1.165, 1.54) is 19.3 Å². The van der Waals surface area contributed by atoms with Crippen molar-refractivity contribution in [1.29, 1.82) is 0 Å². The van der Waals surface area contributed by atoms with Crippen LogP contribution < -0.4 is 24.8 Å². The van der Waals surface area contributed by atoms with E-state index in [-0.39, 0.29) is 12.0 Å². The van der Waals surface area contributed by atoms with Crippen LogP contribution in [0.4, 0.5) is 0 Å². The highest BCUT2D eigenvalue weighted by Crippen LogP contribution is 2.38. The normalized spacial score (nSPS) is 19.8. The van der Waals surface area contributed by atoms with Crippen molar-refractivity contribution in [2.75, 3.05) is 41.5 Å². The molecule has 0 radical (unpaired) electrons. The van der Waals surface area contributed by atoms with Crippen LogP contribution in [0.5, 0.6) is 17.2 Å². The van der Waals surface area contributed by atoms with Gasteiger partial charge in [-0.1, -0.05) is 19.3 Å². The Labute approximate surface area is 185 Å². The Morgan fingerprint density at radius 3 is 2.32 bits per heavy atom. The second-order valence-electron chi connectivity index (χ2n) is 8.21. The first-order valence-corrected chi connectivity index (χ1v) is 11.1. The number of rotatable bonds is 7. The number of guanidine groups is 1. The molecule has 3 rings (SSSR count). The van der Waals surface area contributed by atoms with Crippen molar-refractivity contribution in [2.45, 2.75) is 51.1 Å². The zero-order valence-corrected chi connectivity index (χ0v) is 19.2. The van der Waals surface area contributed by atoms with E-state index in [0.717, 1.165) is 37.9 Å². The van der Waals surface area contributed by atoms with E-state index in [1.807, 2.05) is 17.0 Å². The molecular formula is C23H36N4O4. The van der Waals surface area contributed by atoms with Gasteiger partial charge in [0.25, 0.3) is 0 Å². The lowest BCUT2D eigenvalue weighted by atomic mass is 9.88. The van der Waals surface area contributed by atoms with E-state index < -0.39 is 0 Å². The summed E-state index contributed by atoms with van der Waals surface area (Å²) in [6.07, 6.45) is 6.66. The summed E-state index contributed by atoms with van der Waals surface area (Å²) in [6, 6.07) is 4.04. The van der Waals surface area contributed by atoms with Crippen molar-refractivity contribution in [2.24, 2.45) is 10.9 Å². The fourth-order valence-electron chi connectivity index (χ4n) is 4.50. The van der Waals surface area contributed by atoms with Crippen molar-refractivity contribution >= 4 is 11.9 Å². The molecule has 2 aliphatic rings. The van der Waals surface area contributed by atoms with Gasteiger partial charge in [0.05, 0.1) is 21.3 Å². The average Bonchev–Trinajstić information content (AvgIpc) is 3.29. The Bertz CT molecular complexity index is 752. The molecule has 1 aromatic rings. The predicted octanol–water partition coefficient (Wildman–Crippen LogP) is 2.56. The number of likely N-dealkylation sites (tertiary alicyclic amines) is 1. The number of benzene rings is 1. The van der Waals surface area contributed by atoms with Gasteiger partial charge in [-0.2, -0.15) is 0 Å². The molecule has 1 atom stereocenters. The maximum absolute atomic E-state index is 12.8. The molecular weight excluding hydrogens is 396 g/mol. The third-order valence-electron chi connectivity index (χ3n) is 6.20. The minimum atomic E-state index is 0.207. The van der Waals surface area contributed by atoms with Crippen LogP contribution in [0, 0.1) is 5.92 Å². The molecule has 2 fully saturated rings. The van der Waals surface area contributed by atoms with Crippen LogP contribution >= 0.6 is 0 Å². The Morgan fingerprint density at radius 1 is 1.06 bits per heavy atom. The van der Waals surface area contributed by atoms with Crippen LogP contribution in [0.3, 0.4) is 0 Å². The van der Waals surface area contributed by atoms with Crippen molar-refractivity contribution in [3.8, 4) is 17.2 Å². The number of aliphatic imine (C=N–C) groups is 1. The highest BCUT2D eigenvalue weighted by Gasteiger charge is 2.31. The van der Waals surface area contributed by atoms with E-state index in [9.17, 15) is 4.79 Å². The molecule has 1 unspecified atom stereocenters. The molecule has 172 valence electrons. The Balaban J connectivity index is 1.54. The van der Waals surface area contributed by atoms with Gasteiger partial charge in [-0.05, 0) is 37.0 Å². The Kier molecular flexibility index (Phi) is 8.26. The summed E-state index contributed by atoms with van der Waals surface area (Å²) in [7, 11) is 6.56. The molecule has 0 spiro atoms. The largest absolute Gasteiger partial charge is 0.493 e. The van der Waals surface area contributed by atoms with Crippen LogP contribution in [-0.4, -0.2) is 64.3 Å². The summed E-state index contributed by atoms with van der Waals surface area (Å²) in [5.41, 5.74) is 0.984. The van der Waals surface area contributed by atoms with Crippen molar-refractivity contribution in [3.05, 3.63) is 17.7 Å². The lowest BCUT2D eigenvalue weighted by Gasteiger charge is -2.26. The summed E-state index contributed by atoms with van der Waals surface area (Å²) < 4.78 is 16.2. The standard InChI is InChI=1S/C23H36N4O4/c1-24-23(25-14-16-12-19(29-2)21(31-4)20(13-16)30-3)26-18-10-11-27(15-18)22(28)17-8-6-5-7-9-17/h12-13,17-18H,5-11,14-15H2,1-4H3,(H2,24,25,26). The molecule has 1 saturated heterocycles. The van der Waals surface area contributed by atoms with Crippen molar-refractivity contribution in [3.63, 3.8) is 0 Å². The van der Waals surface area contributed by atoms with E-state index in [0.29, 0.717) is 35.7 Å². The first-order valence-electron chi connectivity index (χ1n) is 11.1. The molecule has 1 aromatic carbocycles. The minimum absolute atomic E-state index is 0.207. The molecule has 0 bridgehead atoms. The van der Waals surface area contributed by atoms with Gasteiger partial charge < -0.3 is 29.7 Å². The first kappa shape index (κ1) is 23.0. The number of methoxy groups -OCH3 is 3. The molecule has 1 heterocycles. The van der Waals surface area contributed by atoms with Crippen LogP contribution in [0.25, 0.3) is 0 Å². The second-order valence-corrected chi connectivity index (χ2v) is 8.21. The number of carbonyl (C=O) groups is 1. The highest BCUT2D eigenvalue weighted by molar-refractivity contribution is 5.81. The Morgan fingerprint density at radius 2 is 1.74 bits per heavy atom. The molecule has 8 nitrogen and oxygen atoms in total. The molecule has 2 N–H and O–H groups in total. The molecule has 0 aromatic heterocycles. The maximum Gasteiger partial charge on any atom is 0.225 e. The summed E-state index contributed by atoms with van der Waals surface area (Å²) in [4.78, 5) is 19.2. The van der Waals surface area contributed by atoms with Gasteiger partial charge in [-0.15, -0.1) is 0 Å². The predicted molar refractivity (Wildman–Crippen MR) is 121 cm³/mol. The summed E-state index contributed by atoms with van der Waals surface area (Å²) in [5, 5.41) is 6.80. The molecule has 1 saturated carbocycles.